The van der Waals surface area contributed by atoms with Crippen molar-refractivity contribution in [1.29, 1.82) is 5.41 Å². The van der Waals surface area contributed by atoms with Crippen LogP contribution in [0.3, 0.4) is 0 Å². The Hall–Kier alpha value is -3.98. The monoisotopic (exact) mass is 515 g/mol. The van der Waals surface area contributed by atoms with Crippen molar-refractivity contribution in [3.63, 3.8) is 0 Å². The number of amides is 1. The molecule has 1 atom stereocenters. The van der Waals surface area contributed by atoms with E-state index in [2.05, 4.69) is 34.4 Å². The van der Waals surface area contributed by atoms with Gasteiger partial charge in [0.25, 0.3) is 0 Å². The zero-order valence-electron chi connectivity index (χ0n) is 22.0. The Morgan fingerprint density at radius 3 is 2.29 bits per heavy atom. The fraction of sp³-hybridized carbons (Fsp3) is 0.379. The van der Waals surface area contributed by atoms with E-state index >= 15 is 0 Å². The summed E-state index contributed by atoms with van der Waals surface area (Å²) in [5.41, 5.74) is 13.6. The fourth-order valence-electron chi connectivity index (χ4n) is 4.71. The van der Waals surface area contributed by atoms with Gasteiger partial charge in [-0.15, -0.1) is 0 Å². The second-order valence-corrected chi connectivity index (χ2v) is 10.2. The first-order valence-corrected chi connectivity index (χ1v) is 13.2. The van der Waals surface area contributed by atoms with E-state index in [1.807, 2.05) is 54.6 Å². The van der Waals surface area contributed by atoms with Gasteiger partial charge in [-0.1, -0.05) is 32.0 Å². The molecule has 0 unspecified atom stereocenters. The highest BCUT2D eigenvalue weighted by atomic mass is 16.5. The van der Waals surface area contributed by atoms with Crippen LogP contribution >= 0.6 is 0 Å². The summed E-state index contributed by atoms with van der Waals surface area (Å²) in [6.07, 6.45) is 5.48. The minimum atomic E-state index is -0.470. The number of benzene rings is 2. The Balaban J connectivity index is 1.38. The van der Waals surface area contributed by atoms with Gasteiger partial charge >= 0.3 is 0 Å². The van der Waals surface area contributed by atoms with Gasteiger partial charge in [0.15, 0.2) is 0 Å². The minimum Gasteiger partial charge on any atom is -0.457 e. The lowest BCUT2D eigenvalue weighted by Crippen LogP contribution is -2.47. The van der Waals surface area contributed by atoms with Gasteiger partial charge in [0.05, 0.1) is 17.3 Å². The third-order valence-corrected chi connectivity index (χ3v) is 6.73. The van der Waals surface area contributed by atoms with Gasteiger partial charge in [-0.05, 0) is 74.4 Å². The summed E-state index contributed by atoms with van der Waals surface area (Å²) in [5, 5.41) is 15.4. The van der Waals surface area contributed by atoms with Crippen molar-refractivity contribution < 1.29 is 9.53 Å². The number of carbonyl (C=O) groups excluding carboxylic acids is 1. The highest BCUT2D eigenvalue weighted by Gasteiger charge is 2.26. The second-order valence-electron chi connectivity index (χ2n) is 10.2. The van der Waals surface area contributed by atoms with Crippen LogP contribution in [0.1, 0.15) is 57.1 Å². The lowest BCUT2D eigenvalue weighted by Gasteiger charge is -2.31. The molecular formula is C29H37N7O2. The number of nitrogens with one attached hydrogen (secondary N) is 3. The van der Waals surface area contributed by atoms with Gasteiger partial charge in [-0.3, -0.25) is 10.2 Å². The standard InChI is InChI=1S/C29H37N7O2/c1-18(2)16-24(30)29(37)36-21-12-10-20(11-13-21)35-28-25(27(32)33-17-34-28)26(31)19-8-14-23(15-9-19)38-22-6-4-3-5-7-22/h3-9,14-15,17-18,20-21,24,31H,10-13,16,30H2,1-2H3,(H,36,37)(H3,32,33,34,35)/t20-,21+,24-/m0/s1. The molecule has 1 fully saturated rings. The number of hydrogen-bond acceptors (Lipinski definition) is 8. The molecule has 1 aliphatic carbocycles. The first kappa shape index (κ1) is 27.1. The molecular weight excluding hydrogens is 478 g/mol. The van der Waals surface area contributed by atoms with Crippen LogP contribution in [0.25, 0.3) is 0 Å². The van der Waals surface area contributed by atoms with Crippen molar-refractivity contribution in [2.24, 2.45) is 11.7 Å². The molecule has 200 valence electrons. The number of nitrogen functional groups attached to an aromatic ring is 1. The number of nitrogens with zero attached hydrogens (tertiary/aromatic N) is 2. The Labute approximate surface area is 223 Å². The summed E-state index contributed by atoms with van der Waals surface area (Å²) in [6.45, 7) is 4.13. The Morgan fingerprint density at radius 2 is 1.63 bits per heavy atom. The molecule has 0 spiro atoms. The lowest BCUT2D eigenvalue weighted by molar-refractivity contribution is -0.123. The van der Waals surface area contributed by atoms with Crippen LogP contribution in [-0.4, -0.2) is 39.7 Å². The summed E-state index contributed by atoms with van der Waals surface area (Å²) in [6, 6.07) is 16.6. The zero-order valence-corrected chi connectivity index (χ0v) is 22.0. The maximum absolute atomic E-state index is 12.4. The topological polar surface area (TPSA) is 152 Å². The molecule has 0 saturated heterocycles. The van der Waals surface area contributed by atoms with E-state index in [0.717, 1.165) is 31.4 Å². The Kier molecular flexibility index (Phi) is 8.91. The molecule has 0 aliphatic heterocycles. The van der Waals surface area contributed by atoms with Crippen LogP contribution in [0.4, 0.5) is 11.6 Å². The first-order valence-electron chi connectivity index (χ1n) is 13.2. The highest BCUT2D eigenvalue weighted by Crippen LogP contribution is 2.28. The van der Waals surface area contributed by atoms with E-state index in [4.69, 9.17) is 21.6 Å². The number of ether oxygens (including phenoxy) is 1. The van der Waals surface area contributed by atoms with Crippen molar-refractivity contribution >= 4 is 23.3 Å². The number of para-hydroxylation sites is 1. The minimum absolute atomic E-state index is 0.0744. The van der Waals surface area contributed by atoms with Crippen LogP contribution in [0.5, 0.6) is 11.5 Å². The molecule has 3 aromatic rings. The summed E-state index contributed by atoms with van der Waals surface area (Å²) in [7, 11) is 0. The molecule has 4 rings (SSSR count). The quantitative estimate of drug-likeness (QED) is 0.250. The molecule has 7 N–H and O–H groups in total. The van der Waals surface area contributed by atoms with Gasteiger partial charge in [0.2, 0.25) is 5.91 Å². The van der Waals surface area contributed by atoms with Crippen molar-refractivity contribution in [3.8, 4) is 11.5 Å². The van der Waals surface area contributed by atoms with Crippen LogP contribution in [0.15, 0.2) is 60.9 Å². The van der Waals surface area contributed by atoms with E-state index in [1.54, 1.807) is 0 Å². The number of carbonyl (C=O) groups is 1. The number of nitrogens with two attached hydrogens (primary N) is 2. The summed E-state index contributed by atoms with van der Waals surface area (Å²) in [4.78, 5) is 21.0. The van der Waals surface area contributed by atoms with Crippen LogP contribution in [0.2, 0.25) is 0 Å². The van der Waals surface area contributed by atoms with Crippen molar-refractivity contribution in [2.45, 2.75) is 64.1 Å². The number of rotatable bonds is 10. The fourth-order valence-corrected chi connectivity index (χ4v) is 4.71. The lowest BCUT2D eigenvalue weighted by atomic mass is 9.90. The first-order chi connectivity index (χ1) is 18.3. The smallest absolute Gasteiger partial charge is 0.237 e. The average Bonchev–Trinajstić information content (AvgIpc) is 2.90. The van der Waals surface area contributed by atoms with E-state index in [-0.39, 0.29) is 29.5 Å². The third kappa shape index (κ3) is 7.07. The molecule has 1 aliphatic rings. The van der Waals surface area contributed by atoms with Gasteiger partial charge in [-0.25, -0.2) is 9.97 Å². The maximum Gasteiger partial charge on any atom is 0.237 e. The Bertz CT molecular complexity index is 1220. The largest absolute Gasteiger partial charge is 0.457 e. The molecule has 0 bridgehead atoms. The second kappa shape index (κ2) is 12.5. The third-order valence-electron chi connectivity index (χ3n) is 6.73. The normalized spacial score (nSPS) is 18.0. The van der Waals surface area contributed by atoms with E-state index in [9.17, 15) is 4.79 Å². The SMILES string of the molecule is CC(C)C[C@H](N)C(=O)N[C@H]1CC[C@@H](Nc2ncnc(N)c2C(=N)c2ccc(Oc3ccccc3)cc2)CC1. The highest BCUT2D eigenvalue weighted by molar-refractivity contribution is 6.16. The molecule has 0 radical (unpaired) electrons. The molecule has 38 heavy (non-hydrogen) atoms. The predicted molar refractivity (Wildman–Crippen MR) is 151 cm³/mol. The summed E-state index contributed by atoms with van der Waals surface area (Å²) >= 11 is 0. The van der Waals surface area contributed by atoms with E-state index < -0.39 is 6.04 Å². The van der Waals surface area contributed by atoms with E-state index in [0.29, 0.717) is 35.0 Å². The van der Waals surface area contributed by atoms with Crippen molar-refractivity contribution in [3.05, 3.63) is 72.1 Å². The molecule has 1 amide bonds. The van der Waals surface area contributed by atoms with Gasteiger partial charge in [-0.2, -0.15) is 0 Å². The molecule has 1 aromatic heterocycles. The zero-order chi connectivity index (χ0) is 27.1. The molecule has 2 aromatic carbocycles. The van der Waals surface area contributed by atoms with Crippen molar-refractivity contribution in [2.75, 3.05) is 11.1 Å². The van der Waals surface area contributed by atoms with Gasteiger partial charge in [0, 0.05) is 17.6 Å². The maximum atomic E-state index is 12.4. The number of hydrogen-bond donors (Lipinski definition) is 5. The van der Waals surface area contributed by atoms with Gasteiger partial charge < -0.3 is 26.8 Å². The van der Waals surface area contributed by atoms with Crippen molar-refractivity contribution in [1.82, 2.24) is 15.3 Å². The van der Waals surface area contributed by atoms with Crippen LogP contribution < -0.4 is 26.8 Å². The number of aromatic nitrogens is 2. The average molecular weight is 516 g/mol. The van der Waals surface area contributed by atoms with Gasteiger partial charge in [0.1, 0.15) is 29.5 Å². The van der Waals surface area contributed by atoms with Crippen LogP contribution in [0, 0.1) is 11.3 Å². The summed E-state index contributed by atoms with van der Waals surface area (Å²) < 4.78 is 5.86. The predicted octanol–water partition coefficient (Wildman–Crippen LogP) is 4.48. The molecule has 9 heteroatoms. The molecule has 1 saturated carbocycles. The van der Waals surface area contributed by atoms with Crippen LogP contribution in [-0.2, 0) is 4.79 Å². The molecule has 9 nitrogen and oxygen atoms in total. The molecule has 1 heterocycles. The van der Waals surface area contributed by atoms with E-state index in [1.165, 1.54) is 6.33 Å². The number of anilines is 2. The Morgan fingerprint density at radius 1 is 1.00 bits per heavy atom. The summed E-state index contributed by atoms with van der Waals surface area (Å²) in [5.74, 6) is 2.52.